The second kappa shape index (κ2) is 6.46. The molecular formula is C18H21FN4O2. The van der Waals surface area contributed by atoms with Crippen LogP contribution < -0.4 is 4.74 Å². The molecule has 2 fully saturated rings. The van der Waals surface area contributed by atoms with Crippen molar-refractivity contribution < 1.29 is 13.9 Å². The van der Waals surface area contributed by atoms with Gasteiger partial charge in [-0.1, -0.05) is 0 Å². The molecule has 25 heavy (non-hydrogen) atoms. The Morgan fingerprint density at radius 3 is 2.64 bits per heavy atom. The largest absolute Gasteiger partial charge is 0.494 e. The predicted octanol–water partition coefficient (Wildman–Crippen LogP) is 2.85. The van der Waals surface area contributed by atoms with E-state index in [0.717, 1.165) is 24.5 Å². The van der Waals surface area contributed by atoms with Gasteiger partial charge in [-0.2, -0.15) is 5.10 Å². The number of benzene rings is 1. The fourth-order valence-electron chi connectivity index (χ4n) is 3.33. The van der Waals surface area contributed by atoms with E-state index in [1.54, 1.807) is 11.0 Å². The van der Waals surface area contributed by atoms with Crippen LogP contribution >= 0.6 is 0 Å². The summed E-state index contributed by atoms with van der Waals surface area (Å²) in [5.41, 5.74) is 0.354. The second-order valence-electron chi connectivity index (χ2n) is 6.77. The van der Waals surface area contributed by atoms with Gasteiger partial charge in [0.25, 0.3) is 5.91 Å². The van der Waals surface area contributed by atoms with E-state index in [2.05, 4.69) is 15.2 Å². The first kappa shape index (κ1) is 16.1. The number of ether oxygens (including phenoxy) is 1. The fraction of sp³-hybridized carbons (Fsp3) is 0.500. The van der Waals surface area contributed by atoms with E-state index < -0.39 is 5.82 Å². The number of methoxy groups -OCH3 is 1. The minimum absolute atomic E-state index is 0.142. The Kier molecular flexibility index (Phi) is 4.15. The molecule has 2 heterocycles. The number of likely N-dealkylation sites (tertiary alicyclic amines) is 1. The molecule has 2 aromatic rings. The molecule has 1 aliphatic carbocycles. The van der Waals surface area contributed by atoms with Crippen LogP contribution in [0.3, 0.4) is 0 Å². The van der Waals surface area contributed by atoms with Crippen molar-refractivity contribution in [3.63, 3.8) is 0 Å². The Balaban J connectivity index is 1.39. The van der Waals surface area contributed by atoms with Gasteiger partial charge in [-0.25, -0.2) is 9.37 Å². The number of amides is 1. The van der Waals surface area contributed by atoms with E-state index in [4.69, 9.17) is 4.74 Å². The Morgan fingerprint density at radius 1 is 1.24 bits per heavy atom. The molecule has 1 aromatic carbocycles. The molecule has 0 spiro atoms. The van der Waals surface area contributed by atoms with Crippen molar-refractivity contribution in [2.45, 2.75) is 37.5 Å². The predicted molar refractivity (Wildman–Crippen MR) is 89.2 cm³/mol. The van der Waals surface area contributed by atoms with Gasteiger partial charge >= 0.3 is 0 Å². The Labute approximate surface area is 145 Å². The van der Waals surface area contributed by atoms with E-state index in [-0.39, 0.29) is 11.7 Å². The van der Waals surface area contributed by atoms with E-state index in [1.807, 2.05) is 0 Å². The first-order chi connectivity index (χ1) is 12.2. The molecule has 7 heteroatoms. The minimum Gasteiger partial charge on any atom is -0.494 e. The average Bonchev–Trinajstić information content (AvgIpc) is 3.38. The van der Waals surface area contributed by atoms with Gasteiger partial charge in [-0.3, -0.25) is 9.89 Å². The van der Waals surface area contributed by atoms with Gasteiger partial charge in [0.05, 0.1) is 7.11 Å². The number of carbonyl (C=O) groups excluding carboxylic acids is 1. The van der Waals surface area contributed by atoms with Crippen LogP contribution in [0.2, 0.25) is 0 Å². The maximum atomic E-state index is 13.8. The Bertz CT molecular complexity index is 779. The monoisotopic (exact) mass is 344 g/mol. The molecule has 2 aliphatic rings. The summed E-state index contributed by atoms with van der Waals surface area (Å²) >= 11 is 0. The summed E-state index contributed by atoms with van der Waals surface area (Å²) < 4.78 is 18.7. The maximum absolute atomic E-state index is 13.8. The number of hydrogen-bond donors (Lipinski definition) is 1. The van der Waals surface area contributed by atoms with Crippen molar-refractivity contribution in [1.29, 1.82) is 0 Å². The van der Waals surface area contributed by atoms with E-state index in [0.29, 0.717) is 30.5 Å². The third-order valence-electron chi connectivity index (χ3n) is 5.03. The summed E-state index contributed by atoms with van der Waals surface area (Å²) in [6, 6.07) is 4.34. The number of H-pyrrole nitrogens is 1. The van der Waals surface area contributed by atoms with Crippen LogP contribution in [0.4, 0.5) is 4.39 Å². The van der Waals surface area contributed by atoms with Crippen LogP contribution in [0, 0.1) is 5.82 Å². The van der Waals surface area contributed by atoms with Crippen LogP contribution in [0.5, 0.6) is 5.75 Å². The number of aromatic amines is 1. The number of carbonyl (C=O) groups is 1. The second-order valence-corrected chi connectivity index (χ2v) is 6.77. The molecule has 6 nitrogen and oxygen atoms in total. The molecule has 0 unspecified atom stereocenters. The highest BCUT2D eigenvalue weighted by Gasteiger charge is 2.31. The topological polar surface area (TPSA) is 71.1 Å². The zero-order valence-electron chi connectivity index (χ0n) is 14.2. The van der Waals surface area contributed by atoms with Gasteiger partial charge in [0.15, 0.2) is 17.4 Å². The molecule has 4 rings (SSSR count). The normalized spacial score (nSPS) is 18.4. The SMILES string of the molecule is COc1ccc(C(=O)N2CCC(c3nc(C4CC4)n[nH]3)CC2)cc1F. The van der Waals surface area contributed by atoms with Crippen LogP contribution in [0.15, 0.2) is 18.2 Å². The highest BCUT2D eigenvalue weighted by Crippen LogP contribution is 2.38. The highest BCUT2D eigenvalue weighted by molar-refractivity contribution is 5.94. The van der Waals surface area contributed by atoms with Crippen molar-refractivity contribution in [1.82, 2.24) is 20.1 Å². The molecule has 1 amide bonds. The standard InChI is InChI=1S/C18H21FN4O2/c1-25-15-5-4-13(10-14(15)19)18(24)23-8-6-12(7-9-23)17-20-16(21-22-17)11-2-3-11/h4-5,10-12H,2-3,6-9H2,1H3,(H,20,21,22). The number of piperidine rings is 1. The molecule has 1 saturated carbocycles. The Morgan fingerprint density at radius 2 is 2.00 bits per heavy atom. The quantitative estimate of drug-likeness (QED) is 0.926. The minimum atomic E-state index is -0.516. The summed E-state index contributed by atoms with van der Waals surface area (Å²) in [6.45, 7) is 1.27. The first-order valence-electron chi connectivity index (χ1n) is 8.70. The first-order valence-corrected chi connectivity index (χ1v) is 8.70. The van der Waals surface area contributed by atoms with Crippen LogP contribution in [0.1, 0.15) is 59.5 Å². The molecule has 1 aliphatic heterocycles. The smallest absolute Gasteiger partial charge is 0.253 e. The molecule has 132 valence electrons. The van der Waals surface area contributed by atoms with Crippen LogP contribution in [-0.4, -0.2) is 46.2 Å². The lowest BCUT2D eigenvalue weighted by molar-refractivity contribution is 0.0710. The maximum Gasteiger partial charge on any atom is 0.253 e. The van der Waals surface area contributed by atoms with Crippen molar-refractivity contribution in [2.75, 3.05) is 20.2 Å². The lowest BCUT2D eigenvalue weighted by Crippen LogP contribution is -2.38. The van der Waals surface area contributed by atoms with E-state index >= 15 is 0 Å². The number of halogens is 1. The zero-order chi connectivity index (χ0) is 17.4. The summed E-state index contributed by atoms with van der Waals surface area (Å²) in [5.74, 6) is 2.20. The fourth-order valence-corrected chi connectivity index (χ4v) is 3.33. The van der Waals surface area contributed by atoms with Gasteiger partial charge in [-0.15, -0.1) is 0 Å². The lowest BCUT2D eigenvalue weighted by Gasteiger charge is -2.31. The van der Waals surface area contributed by atoms with Crippen molar-refractivity contribution >= 4 is 5.91 Å². The van der Waals surface area contributed by atoms with E-state index in [9.17, 15) is 9.18 Å². The molecule has 0 atom stereocenters. The third kappa shape index (κ3) is 3.23. The summed E-state index contributed by atoms with van der Waals surface area (Å²) in [7, 11) is 1.41. The zero-order valence-corrected chi connectivity index (χ0v) is 14.2. The van der Waals surface area contributed by atoms with Crippen LogP contribution in [0.25, 0.3) is 0 Å². The van der Waals surface area contributed by atoms with Gasteiger partial charge in [-0.05, 0) is 43.9 Å². The van der Waals surface area contributed by atoms with Gasteiger partial charge < -0.3 is 9.64 Å². The van der Waals surface area contributed by atoms with Crippen molar-refractivity contribution in [3.05, 3.63) is 41.2 Å². The highest BCUT2D eigenvalue weighted by atomic mass is 19.1. The number of hydrogen-bond acceptors (Lipinski definition) is 4. The summed E-state index contributed by atoms with van der Waals surface area (Å²) in [6.07, 6.45) is 4.04. The third-order valence-corrected chi connectivity index (χ3v) is 5.03. The van der Waals surface area contributed by atoms with Crippen LogP contribution in [-0.2, 0) is 0 Å². The molecule has 1 aromatic heterocycles. The number of rotatable bonds is 4. The van der Waals surface area contributed by atoms with Crippen molar-refractivity contribution in [3.8, 4) is 5.75 Å². The van der Waals surface area contributed by atoms with Crippen molar-refractivity contribution in [2.24, 2.45) is 0 Å². The lowest BCUT2D eigenvalue weighted by atomic mass is 9.95. The Hall–Kier alpha value is -2.44. The molecule has 0 bridgehead atoms. The van der Waals surface area contributed by atoms with Gasteiger partial charge in [0.1, 0.15) is 5.82 Å². The molecule has 1 saturated heterocycles. The molecule has 0 radical (unpaired) electrons. The number of nitrogens with one attached hydrogen (secondary N) is 1. The summed E-state index contributed by atoms with van der Waals surface area (Å²) in [5, 5.41) is 7.38. The van der Waals surface area contributed by atoms with E-state index in [1.165, 1.54) is 32.1 Å². The molecular weight excluding hydrogens is 323 g/mol. The summed E-state index contributed by atoms with van der Waals surface area (Å²) in [4.78, 5) is 19.0. The number of nitrogens with zero attached hydrogens (tertiary/aromatic N) is 3. The molecule has 1 N–H and O–H groups in total. The average molecular weight is 344 g/mol. The number of aromatic nitrogens is 3. The van der Waals surface area contributed by atoms with Gasteiger partial charge in [0.2, 0.25) is 0 Å². The van der Waals surface area contributed by atoms with Gasteiger partial charge in [0, 0.05) is 30.5 Å².